The Morgan fingerprint density at radius 1 is 0.969 bits per heavy atom. The largest absolute Gasteiger partial charge is 0.369 e. The number of carbonyl (C=O) groups is 5. The zero-order chi connectivity index (χ0) is 22.9. The van der Waals surface area contributed by atoms with Crippen LogP contribution in [-0.4, -0.2) is 41.8 Å². The number of aryl methyl sites for hydroxylation is 2. The smallest absolute Gasteiger partial charge is 0.248 e. The third-order valence-corrected chi connectivity index (χ3v) is 6.89. The number of primary amides is 1. The number of benzene rings is 2. The van der Waals surface area contributed by atoms with Gasteiger partial charge in [0, 0.05) is 34.9 Å². The van der Waals surface area contributed by atoms with Gasteiger partial charge in [0.2, 0.25) is 5.91 Å². The van der Waals surface area contributed by atoms with Crippen LogP contribution in [0.2, 0.25) is 0 Å². The van der Waals surface area contributed by atoms with Crippen molar-refractivity contribution in [3.8, 4) is 0 Å². The minimum Gasteiger partial charge on any atom is -0.369 e. The van der Waals surface area contributed by atoms with E-state index in [0.717, 1.165) is 17.7 Å². The molecule has 0 bridgehead atoms. The van der Waals surface area contributed by atoms with Gasteiger partial charge in [-0.05, 0) is 66.8 Å². The summed E-state index contributed by atoms with van der Waals surface area (Å²) >= 11 is 0. The van der Waals surface area contributed by atoms with E-state index in [9.17, 15) is 24.0 Å². The molecule has 0 radical (unpaired) electrons. The molecule has 2 N–H and O–H groups in total. The van der Waals surface area contributed by atoms with Gasteiger partial charge in [0.05, 0.1) is 5.92 Å². The van der Waals surface area contributed by atoms with E-state index in [4.69, 9.17) is 10.5 Å². The van der Waals surface area contributed by atoms with Crippen molar-refractivity contribution in [1.29, 1.82) is 0 Å². The van der Waals surface area contributed by atoms with Gasteiger partial charge in [-0.3, -0.25) is 24.0 Å². The fraction of sp³-hybridized carbons (Fsp3) is 0.240. The van der Waals surface area contributed by atoms with E-state index in [0.29, 0.717) is 17.5 Å². The van der Waals surface area contributed by atoms with Crippen LogP contribution in [0.1, 0.15) is 80.8 Å². The Morgan fingerprint density at radius 2 is 1.59 bits per heavy atom. The number of ether oxygens (including phenoxy) is 1. The molecule has 0 saturated carbocycles. The van der Waals surface area contributed by atoms with Gasteiger partial charge in [-0.2, -0.15) is 0 Å². The third-order valence-electron chi connectivity index (χ3n) is 6.89. The molecule has 7 heteroatoms. The fourth-order valence-corrected chi connectivity index (χ4v) is 5.27. The molecule has 2 aromatic carbocycles. The summed E-state index contributed by atoms with van der Waals surface area (Å²) in [5.74, 6) is -3.21. The number of methoxy groups -OCH3 is 1. The molecule has 3 aliphatic rings. The average molecular weight is 429 g/mol. The summed E-state index contributed by atoms with van der Waals surface area (Å²) in [4.78, 5) is 64.2. The number of amides is 1. The van der Waals surface area contributed by atoms with Crippen LogP contribution >= 0.6 is 0 Å². The van der Waals surface area contributed by atoms with Crippen molar-refractivity contribution >= 4 is 29.0 Å². The lowest BCUT2D eigenvalue weighted by Crippen LogP contribution is -2.55. The van der Waals surface area contributed by atoms with E-state index in [1.165, 1.54) is 19.2 Å². The molecule has 0 aromatic heterocycles. The quantitative estimate of drug-likeness (QED) is 0.783. The lowest BCUT2D eigenvalue weighted by molar-refractivity contribution is -0.0220. The highest BCUT2D eigenvalue weighted by atomic mass is 16.5. The first-order chi connectivity index (χ1) is 15.2. The molecule has 2 atom stereocenters. The maximum Gasteiger partial charge on any atom is 0.248 e. The second kappa shape index (κ2) is 6.64. The molecule has 0 heterocycles. The Balaban J connectivity index is 1.78. The van der Waals surface area contributed by atoms with Crippen LogP contribution in [-0.2, 0) is 11.2 Å². The number of hydrogen-bond acceptors (Lipinski definition) is 6. The molecular formula is C25H19NO6. The first-order valence-electron chi connectivity index (χ1n) is 10.2. The van der Waals surface area contributed by atoms with Crippen molar-refractivity contribution in [3.63, 3.8) is 0 Å². The highest BCUT2D eigenvalue weighted by Gasteiger charge is 2.57. The highest BCUT2D eigenvalue weighted by molar-refractivity contribution is 6.27. The Bertz CT molecular complexity index is 1330. The molecule has 32 heavy (non-hydrogen) atoms. The summed E-state index contributed by atoms with van der Waals surface area (Å²) in [6, 6.07) is 6.08. The molecule has 2 unspecified atom stereocenters. The van der Waals surface area contributed by atoms with Gasteiger partial charge in [0.15, 0.2) is 23.1 Å². The first-order valence-corrected chi connectivity index (χ1v) is 10.2. The molecule has 7 nitrogen and oxygen atoms in total. The number of nitrogens with two attached hydrogens (primary N) is 1. The summed E-state index contributed by atoms with van der Waals surface area (Å²) in [7, 11) is 1.38. The van der Waals surface area contributed by atoms with Crippen LogP contribution in [0, 0.1) is 6.92 Å². The predicted octanol–water partition coefficient (Wildman–Crippen LogP) is 2.52. The van der Waals surface area contributed by atoms with Gasteiger partial charge in [-0.1, -0.05) is 6.07 Å². The Morgan fingerprint density at radius 3 is 2.19 bits per heavy atom. The zero-order valence-corrected chi connectivity index (χ0v) is 17.5. The molecule has 3 aliphatic carbocycles. The maximum absolute atomic E-state index is 13.8. The second-order valence-electron chi connectivity index (χ2n) is 8.46. The normalized spacial score (nSPS) is 23.4. The summed E-state index contributed by atoms with van der Waals surface area (Å²) in [5, 5.41) is 0. The standard InChI is InChI=1S/C25H19NO6/c1-11-7-12-5-6-25(32-2)21(14(12)8-13(11)24(26)31)22(29)17-9-15-16(10-18(17)23(25)30)20(28)4-3-19(15)27/h3-4,7-10,21H,5-6H2,1-2H3,(H2,26,31). The highest BCUT2D eigenvalue weighted by Crippen LogP contribution is 2.49. The molecule has 2 aromatic rings. The minimum atomic E-state index is -1.47. The fourth-order valence-electron chi connectivity index (χ4n) is 5.27. The van der Waals surface area contributed by atoms with E-state index >= 15 is 0 Å². The van der Waals surface area contributed by atoms with E-state index < -0.39 is 34.8 Å². The van der Waals surface area contributed by atoms with Gasteiger partial charge < -0.3 is 10.5 Å². The molecule has 5 rings (SSSR count). The summed E-state index contributed by atoms with van der Waals surface area (Å²) < 4.78 is 5.75. The van der Waals surface area contributed by atoms with Gasteiger partial charge in [-0.25, -0.2) is 0 Å². The minimum absolute atomic E-state index is 0.0778. The number of hydrogen-bond donors (Lipinski definition) is 1. The topological polar surface area (TPSA) is 121 Å². The van der Waals surface area contributed by atoms with Crippen LogP contribution in [0.3, 0.4) is 0 Å². The van der Waals surface area contributed by atoms with Crippen molar-refractivity contribution in [2.45, 2.75) is 31.3 Å². The maximum atomic E-state index is 13.8. The Hall–Kier alpha value is -3.71. The summed E-state index contributed by atoms with van der Waals surface area (Å²) in [6.45, 7) is 1.77. The number of Topliss-reactive ketones (excluding diaryl/α,β-unsaturated/α-hetero) is 2. The summed E-state index contributed by atoms with van der Waals surface area (Å²) in [6.07, 6.45) is 3.05. The first kappa shape index (κ1) is 20.2. The van der Waals surface area contributed by atoms with Crippen LogP contribution < -0.4 is 5.73 Å². The van der Waals surface area contributed by atoms with Crippen molar-refractivity contribution in [2.24, 2.45) is 5.73 Å². The van der Waals surface area contributed by atoms with Gasteiger partial charge in [0.25, 0.3) is 0 Å². The van der Waals surface area contributed by atoms with Crippen molar-refractivity contribution in [1.82, 2.24) is 0 Å². The van der Waals surface area contributed by atoms with E-state index in [-0.39, 0.29) is 40.0 Å². The Labute approximate surface area is 183 Å². The van der Waals surface area contributed by atoms with Gasteiger partial charge in [-0.15, -0.1) is 0 Å². The lowest BCUT2D eigenvalue weighted by Gasteiger charge is -2.45. The predicted molar refractivity (Wildman–Crippen MR) is 113 cm³/mol. The molecular weight excluding hydrogens is 410 g/mol. The number of fused-ring (bicyclic) bond motifs is 5. The monoisotopic (exact) mass is 429 g/mol. The van der Waals surface area contributed by atoms with Crippen molar-refractivity contribution in [3.05, 3.63) is 80.9 Å². The van der Waals surface area contributed by atoms with Gasteiger partial charge in [0.1, 0.15) is 5.60 Å². The molecule has 0 fully saturated rings. The number of ketones is 4. The summed E-state index contributed by atoms with van der Waals surface area (Å²) in [5.41, 5.74) is 6.77. The van der Waals surface area contributed by atoms with Crippen LogP contribution in [0.25, 0.3) is 0 Å². The molecule has 160 valence electrons. The third kappa shape index (κ3) is 2.48. The lowest BCUT2D eigenvalue weighted by atomic mass is 9.61. The SMILES string of the molecule is COC12CCc3cc(C)c(C(N)=O)cc3C1C(=O)c1cc3c(cc1C2=O)C(=O)C=CC3=O. The second-order valence-corrected chi connectivity index (χ2v) is 8.46. The number of rotatable bonds is 2. The van der Waals surface area contributed by atoms with E-state index in [2.05, 4.69) is 0 Å². The van der Waals surface area contributed by atoms with Crippen LogP contribution in [0.15, 0.2) is 36.4 Å². The van der Waals surface area contributed by atoms with E-state index in [1.807, 2.05) is 6.07 Å². The van der Waals surface area contributed by atoms with Crippen LogP contribution in [0.4, 0.5) is 0 Å². The molecule has 0 spiro atoms. The number of carbonyl (C=O) groups excluding carboxylic acids is 5. The average Bonchev–Trinajstić information content (AvgIpc) is 2.78. The zero-order valence-electron chi connectivity index (χ0n) is 17.5. The molecule has 0 aliphatic heterocycles. The van der Waals surface area contributed by atoms with E-state index in [1.54, 1.807) is 13.0 Å². The molecule has 1 amide bonds. The van der Waals surface area contributed by atoms with Crippen molar-refractivity contribution in [2.75, 3.05) is 7.11 Å². The van der Waals surface area contributed by atoms with Gasteiger partial charge >= 0.3 is 0 Å². The molecule has 0 saturated heterocycles. The van der Waals surface area contributed by atoms with Crippen molar-refractivity contribution < 1.29 is 28.7 Å². The Kier molecular flexibility index (Phi) is 4.19. The van der Waals surface area contributed by atoms with Crippen LogP contribution in [0.5, 0.6) is 0 Å². The number of allylic oxidation sites excluding steroid dienone is 2.